The van der Waals surface area contributed by atoms with Crippen LogP contribution in [0.25, 0.3) is 0 Å². The predicted octanol–water partition coefficient (Wildman–Crippen LogP) is 4.37. The van der Waals surface area contributed by atoms with E-state index in [1.54, 1.807) is 23.1 Å². The summed E-state index contributed by atoms with van der Waals surface area (Å²) < 4.78 is 13.9. The first kappa shape index (κ1) is 14.8. The van der Waals surface area contributed by atoms with E-state index >= 15 is 0 Å². The van der Waals surface area contributed by atoms with Gasteiger partial charge in [0.15, 0.2) is 0 Å². The van der Waals surface area contributed by atoms with Crippen molar-refractivity contribution in [3.63, 3.8) is 0 Å². The zero-order valence-corrected chi connectivity index (χ0v) is 12.3. The third kappa shape index (κ3) is 3.68. The van der Waals surface area contributed by atoms with Gasteiger partial charge in [-0.15, -0.1) is 17.9 Å². The van der Waals surface area contributed by atoms with E-state index in [1.807, 2.05) is 6.07 Å². The summed E-state index contributed by atoms with van der Waals surface area (Å²) in [6.07, 6.45) is 1.65. The summed E-state index contributed by atoms with van der Waals surface area (Å²) >= 11 is 7.30. The molecule has 20 heavy (non-hydrogen) atoms. The van der Waals surface area contributed by atoms with Crippen molar-refractivity contribution in [1.29, 1.82) is 0 Å². The van der Waals surface area contributed by atoms with E-state index in [2.05, 4.69) is 6.58 Å². The van der Waals surface area contributed by atoms with Crippen LogP contribution in [0.2, 0.25) is 4.34 Å². The number of rotatable bonds is 5. The maximum absolute atomic E-state index is 13.2. The number of amides is 1. The highest BCUT2D eigenvalue weighted by atomic mass is 35.5. The largest absolute Gasteiger partial charge is 0.330 e. The van der Waals surface area contributed by atoms with Crippen molar-refractivity contribution in [1.82, 2.24) is 4.90 Å². The van der Waals surface area contributed by atoms with E-state index in [9.17, 15) is 9.18 Å². The summed E-state index contributed by atoms with van der Waals surface area (Å²) in [6, 6.07) is 9.34. The Bertz CT molecular complexity index is 626. The van der Waals surface area contributed by atoms with Crippen LogP contribution in [0.5, 0.6) is 0 Å². The molecule has 0 saturated carbocycles. The van der Waals surface area contributed by atoms with Crippen molar-refractivity contribution in [2.45, 2.75) is 6.54 Å². The van der Waals surface area contributed by atoms with Crippen LogP contribution in [0.4, 0.5) is 4.39 Å². The first-order valence-corrected chi connectivity index (χ1v) is 7.19. The van der Waals surface area contributed by atoms with Gasteiger partial charge in [0.2, 0.25) is 0 Å². The first-order chi connectivity index (χ1) is 9.60. The molecule has 0 spiro atoms. The van der Waals surface area contributed by atoms with E-state index < -0.39 is 5.82 Å². The Morgan fingerprint density at radius 3 is 2.80 bits per heavy atom. The highest BCUT2D eigenvalue weighted by Gasteiger charge is 2.16. The van der Waals surface area contributed by atoms with E-state index in [-0.39, 0.29) is 5.91 Å². The van der Waals surface area contributed by atoms with Crippen LogP contribution in [0.15, 0.2) is 49.1 Å². The summed E-state index contributed by atoms with van der Waals surface area (Å²) in [7, 11) is 0. The second-order valence-corrected chi connectivity index (χ2v) is 5.99. The lowest BCUT2D eigenvalue weighted by atomic mass is 10.2. The highest BCUT2D eigenvalue weighted by molar-refractivity contribution is 7.16. The number of hydrogen-bond donors (Lipinski definition) is 0. The lowest BCUT2D eigenvalue weighted by Gasteiger charge is -2.20. The number of nitrogens with zero attached hydrogens (tertiary/aromatic N) is 1. The molecule has 1 amide bonds. The average molecular weight is 310 g/mol. The predicted molar refractivity (Wildman–Crippen MR) is 80.7 cm³/mol. The molecule has 0 aliphatic carbocycles. The lowest BCUT2D eigenvalue weighted by molar-refractivity contribution is 0.0763. The molecule has 0 radical (unpaired) electrons. The molecule has 2 aromatic rings. The van der Waals surface area contributed by atoms with Gasteiger partial charge in [0.1, 0.15) is 5.82 Å². The first-order valence-electron chi connectivity index (χ1n) is 6.00. The minimum atomic E-state index is -0.423. The average Bonchev–Trinajstić information content (AvgIpc) is 2.83. The number of carbonyl (C=O) groups excluding carboxylic acids is 1. The van der Waals surface area contributed by atoms with Gasteiger partial charge in [0, 0.05) is 17.0 Å². The molecule has 0 atom stereocenters. The van der Waals surface area contributed by atoms with Crippen molar-refractivity contribution in [2.24, 2.45) is 0 Å². The second-order valence-electron chi connectivity index (χ2n) is 4.19. The zero-order chi connectivity index (χ0) is 14.5. The molecule has 2 nitrogen and oxygen atoms in total. The fourth-order valence-corrected chi connectivity index (χ4v) is 2.91. The molecule has 5 heteroatoms. The molecule has 0 aliphatic rings. The van der Waals surface area contributed by atoms with Gasteiger partial charge in [-0.05, 0) is 30.3 Å². The smallest absolute Gasteiger partial charge is 0.254 e. The standard InChI is InChI=1S/C15H13ClFNOS/c1-2-8-18(10-13-6-7-14(16)20-13)15(19)11-4-3-5-12(17)9-11/h2-7,9H,1,8,10H2. The van der Waals surface area contributed by atoms with Crippen LogP contribution >= 0.6 is 22.9 Å². The molecule has 1 aromatic carbocycles. The number of thiophene rings is 1. The summed E-state index contributed by atoms with van der Waals surface area (Å²) in [4.78, 5) is 15.0. The zero-order valence-electron chi connectivity index (χ0n) is 10.7. The number of carbonyl (C=O) groups is 1. The Morgan fingerprint density at radius 2 is 2.20 bits per heavy atom. The number of benzene rings is 1. The number of halogens is 2. The minimum absolute atomic E-state index is 0.228. The van der Waals surface area contributed by atoms with E-state index in [0.717, 1.165) is 4.88 Å². The van der Waals surface area contributed by atoms with Gasteiger partial charge in [0.25, 0.3) is 5.91 Å². The molecule has 0 unspecified atom stereocenters. The van der Waals surface area contributed by atoms with Crippen molar-refractivity contribution < 1.29 is 9.18 Å². The van der Waals surface area contributed by atoms with Crippen molar-refractivity contribution in [2.75, 3.05) is 6.54 Å². The van der Waals surface area contributed by atoms with Crippen molar-refractivity contribution in [3.8, 4) is 0 Å². The SMILES string of the molecule is C=CCN(Cc1ccc(Cl)s1)C(=O)c1cccc(F)c1. The Morgan fingerprint density at radius 1 is 1.40 bits per heavy atom. The molecule has 2 rings (SSSR count). The molecule has 0 aliphatic heterocycles. The van der Waals surface area contributed by atoms with Gasteiger partial charge in [-0.25, -0.2) is 4.39 Å². The van der Waals surface area contributed by atoms with Gasteiger partial charge < -0.3 is 4.90 Å². The van der Waals surface area contributed by atoms with Crippen LogP contribution in [0.3, 0.4) is 0 Å². The highest BCUT2D eigenvalue weighted by Crippen LogP contribution is 2.23. The monoisotopic (exact) mass is 309 g/mol. The molecule has 1 aromatic heterocycles. The molecule has 0 fully saturated rings. The second kappa shape index (κ2) is 6.68. The Labute approximate surface area is 126 Å². The van der Waals surface area contributed by atoms with Crippen molar-refractivity contribution in [3.05, 3.63) is 69.6 Å². The fraction of sp³-hybridized carbons (Fsp3) is 0.133. The Balaban J connectivity index is 2.19. The summed E-state index contributed by atoms with van der Waals surface area (Å²) in [6.45, 7) is 4.47. The summed E-state index contributed by atoms with van der Waals surface area (Å²) in [5, 5.41) is 0. The minimum Gasteiger partial charge on any atom is -0.330 e. The molecule has 1 heterocycles. The molecule has 0 saturated heterocycles. The van der Waals surface area contributed by atoms with E-state index in [1.165, 1.54) is 29.5 Å². The van der Waals surface area contributed by atoms with E-state index in [0.29, 0.717) is 23.0 Å². The Kier molecular flexibility index (Phi) is 4.93. The van der Waals surface area contributed by atoms with Gasteiger partial charge >= 0.3 is 0 Å². The van der Waals surface area contributed by atoms with Crippen LogP contribution in [-0.4, -0.2) is 17.4 Å². The maximum atomic E-state index is 13.2. The van der Waals surface area contributed by atoms with Crippen LogP contribution in [0, 0.1) is 5.82 Å². The molecule has 0 N–H and O–H groups in total. The normalized spacial score (nSPS) is 10.3. The number of hydrogen-bond acceptors (Lipinski definition) is 2. The molecule has 0 bridgehead atoms. The fourth-order valence-electron chi connectivity index (χ4n) is 1.80. The van der Waals surface area contributed by atoms with Crippen LogP contribution in [0.1, 0.15) is 15.2 Å². The van der Waals surface area contributed by atoms with Gasteiger partial charge in [0.05, 0.1) is 10.9 Å². The molecule has 104 valence electrons. The van der Waals surface area contributed by atoms with Gasteiger partial charge in [-0.3, -0.25) is 4.79 Å². The van der Waals surface area contributed by atoms with Gasteiger partial charge in [-0.1, -0.05) is 23.7 Å². The third-order valence-electron chi connectivity index (χ3n) is 2.68. The lowest BCUT2D eigenvalue weighted by Crippen LogP contribution is -2.30. The van der Waals surface area contributed by atoms with Crippen molar-refractivity contribution >= 4 is 28.8 Å². The van der Waals surface area contributed by atoms with Crippen LogP contribution < -0.4 is 0 Å². The van der Waals surface area contributed by atoms with E-state index in [4.69, 9.17) is 11.6 Å². The Hall–Kier alpha value is -1.65. The summed E-state index contributed by atoms with van der Waals surface area (Å²) in [5.41, 5.74) is 0.328. The quantitative estimate of drug-likeness (QED) is 0.751. The third-order valence-corrected chi connectivity index (χ3v) is 3.90. The molecular weight excluding hydrogens is 297 g/mol. The van der Waals surface area contributed by atoms with Crippen LogP contribution in [-0.2, 0) is 6.54 Å². The summed E-state index contributed by atoms with van der Waals surface area (Å²) in [5.74, 6) is -0.650. The topological polar surface area (TPSA) is 20.3 Å². The molecular formula is C15H13ClFNOS. The maximum Gasteiger partial charge on any atom is 0.254 e. The van der Waals surface area contributed by atoms with Gasteiger partial charge in [-0.2, -0.15) is 0 Å².